The summed E-state index contributed by atoms with van der Waals surface area (Å²) in [7, 11) is 5.43. The lowest BCUT2D eigenvalue weighted by Gasteiger charge is -2.22. The maximum Gasteiger partial charge on any atom is 0.173 e. The van der Waals surface area contributed by atoms with Crippen LogP contribution < -0.4 is 0 Å². The summed E-state index contributed by atoms with van der Waals surface area (Å²) < 4.78 is 4.43. The molecule has 2 heteroatoms. The Labute approximate surface area is 53.1 Å². The normalized spacial score (nSPS) is 16.1. The van der Waals surface area contributed by atoms with Gasteiger partial charge in [0.15, 0.2) is 7.11 Å². The second-order valence-corrected chi connectivity index (χ2v) is 8.67. The predicted molar refractivity (Wildman–Crippen MR) is 37.1 cm³/mol. The molecule has 47 valence electrons. The first kappa shape index (κ1) is 8.18. The van der Waals surface area contributed by atoms with Gasteiger partial charge in [-0.3, -0.25) is 0 Å². The Morgan fingerprint density at radius 3 is 1.75 bits per heavy atom. The first-order valence-electron chi connectivity index (χ1n) is 2.81. The van der Waals surface area contributed by atoms with Gasteiger partial charge in [-0.2, -0.15) is 0 Å². The average Bonchev–Trinajstić information content (AvgIpc) is 1.62. The molecule has 0 aromatic carbocycles. The van der Waals surface area contributed by atoms with Crippen molar-refractivity contribution in [2.75, 3.05) is 0 Å². The molecule has 3 radical (unpaired) electrons. The highest BCUT2D eigenvalue weighted by atomic mass is 28.3. The summed E-state index contributed by atoms with van der Waals surface area (Å²) in [6.07, 6.45) is 0. The van der Waals surface area contributed by atoms with Crippen LogP contribution in [0.25, 0.3) is 0 Å². The molecule has 8 heavy (non-hydrogen) atoms. The van der Waals surface area contributed by atoms with Crippen molar-refractivity contribution in [3.63, 3.8) is 0 Å². The van der Waals surface area contributed by atoms with Gasteiger partial charge in [0.2, 0.25) is 0 Å². The van der Waals surface area contributed by atoms with E-state index in [1.165, 1.54) is 0 Å². The van der Waals surface area contributed by atoms with Crippen LogP contribution in [0.15, 0.2) is 0 Å². The van der Waals surface area contributed by atoms with Crippen molar-refractivity contribution in [3.8, 4) is 0 Å². The number of hydrogen-bond acceptors (Lipinski definition) is 1. The molecule has 0 N–H and O–H groups in total. The van der Waals surface area contributed by atoms with Crippen molar-refractivity contribution in [2.45, 2.75) is 32.3 Å². The Balaban J connectivity index is 3.62. The van der Waals surface area contributed by atoms with E-state index in [0.29, 0.717) is 0 Å². The monoisotopic (exact) mass is 129 g/mol. The summed E-state index contributed by atoms with van der Waals surface area (Å²) in [5, 5.41) is 0. The van der Waals surface area contributed by atoms with Gasteiger partial charge >= 0.3 is 0 Å². The Hall–Kier alpha value is 0.177. The lowest BCUT2D eigenvalue weighted by atomic mass is 10.8. The SMILES string of the molecule is [C]OC(C)[Si](C)(C)C. The van der Waals surface area contributed by atoms with Gasteiger partial charge in [-0.1, -0.05) is 19.6 Å². The maximum atomic E-state index is 6.60. The molecule has 0 saturated heterocycles. The lowest BCUT2D eigenvalue weighted by Crippen LogP contribution is -2.36. The van der Waals surface area contributed by atoms with E-state index in [4.69, 9.17) is 7.11 Å². The molecular formula is C6H13OSi. The fraction of sp³-hybridized carbons (Fsp3) is 0.833. The highest BCUT2D eigenvalue weighted by molar-refractivity contribution is 6.77. The van der Waals surface area contributed by atoms with Crippen molar-refractivity contribution in [2.24, 2.45) is 0 Å². The third-order valence-electron chi connectivity index (χ3n) is 1.40. The largest absolute Gasteiger partial charge is 0.366 e. The van der Waals surface area contributed by atoms with Crippen LogP contribution in [0.1, 0.15) is 6.92 Å². The molecule has 1 atom stereocenters. The molecule has 0 aliphatic rings. The molecule has 0 aromatic rings. The minimum Gasteiger partial charge on any atom is -0.366 e. The van der Waals surface area contributed by atoms with E-state index in [9.17, 15) is 0 Å². The molecule has 0 heterocycles. The van der Waals surface area contributed by atoms with Crippen LogP contribution in [0.4, 0.5) is 0 Å². The van der Waals surface area contributed by atoms with Crippen molar-refractivity contribution >= 4 is 8.07 Å². The van der Waals surface area contributed by atoms with E-state index in [1.54, 1.807) is 0 Å². The summed E-state index contributed by atoms with van der Waals surface area (Å²) in [5.41, 5.74) is 0.155. The number of rotatable bonds is 2. The van der Waals surface area contributed by atoms with Crippen LogP contribution in [0.2, 0.25) is 19.6 Å². The Morgan fingerprint density at radius 1 is 1.38 bits per heavy atom. The summed E-state index contributed by atoms with van der Waals surface area (Å²) in [5.74, 6) is 0. The molecule has 1 unspecified atom stereocenters. The van der Waals surface area contributed by atoms with E-state index in [0.717, 1.165) is 0 Å². The predicted octanol–water partition coefficient (Wildman–Crippen LogP) is 1.81. The van der Waals surface area contributed by atoms with E-state index >= 15 is 0 Å². The minimum atomic E-state index is -1.17. The smallest absolute Gasteiger partial charge is 0.173 e. The van der Waals surface area contributed by atoms with Crippen LogP contribution in [0.5, 0.6) is 0 Å². The molecule has 0 spiro atoms. The standard InChI is InChI=1S/C6H13OSi/c1-6(7-2)8(3,4)5/h6H,1,3-5H3. The van der Waals surface area contributed by atoms with Gasteiger partial charge in [0.1, 0.15) is 0 Å². The number of ether oxygens (including phenoxy) is 1. The van der Waals surface area contributed by atoms with Gasteiger partial charge in [-0.15, -0.1) is 0 Å². The third kappa shape index (κ3) is 2.48. The zero-order chi connectivity index (χ0) is 6.78. The van der Waals surface area contributed by atoms with Crippen LogP contribution >= 0.6 is 0 Å². The molecule has 0 aliphatic carbocycles. The lowest BCUT2D eigenvalue weighted by molar-refractivity contribution is 0.215. The molecule has 0 aromatic heterocycles. The second kappa shape index (κ2) is 2.64. The average molecular weight is 129 g/mol. The second-order valence-electron chi connectivity index (χ2n) is 3.13. The molecular weight excluding hydrogens is 116 g/mol. The highest BCUT2D eigenvalue weighted by Crippen LogP contribution is 2.09. The summed E-state index contributed by atoms with van der Waals surface area (Å²) in [6, 6.07) is 0. The van der Waals surface area contributed by atoms with Gasteiger partial charge < -0.3 is 4.74 Å². The zero-order valence-electron chi connectivity index (χ0n) is 5.99. The van der Waals surface area contributed by atoms with E-state index in [2.05, 4.69) is 24.4 Å². The van der Waals surface area contributed by atoms with Gasteiger partial charge in [-0.25, -0.2) is 0 Å². The van der Waals surface area contributed by atoms with Crippen molar-refractivity contribution in [3.05, 3.63) is 7.11 Å². The summed E-state index contributed by atoms with van der Waals surface area (Å²) in [6.45, 7) is 8.52. The van der Waals surface area contributed by atoms with E-state index in [1.807, 2.05) is 6.92 Å². The van der Waals surface area contributed by atoms with Crippen molar-refractivity contribution < 1.29 is 4.74 Å². The van der Waals surface area contributed by atoms with Crippen molar-refractivity contribution in [1.29, 1.82) is 0 Å². The molecule has 0 aliphatic heterocycles. The fourth-order valence-corrected chi connectivity index (χ4v) is 0.530. The Morgan fingerprint density at radius 2 is 1.75 bits per heavy atom. The molecule has 0 saturated carbocycles. The van der Waals surface area contributed by atoms with Crippen LogP contribution in [-0.4, -0.2) is 13.8 Å². The maximum absolute atomic E-state index is 6.60. The molecule has 0 fully saturated rings. The number of hydrogen-bond donors (Lipinski definition) is 0. The van der Waals surface area contributed by atoms with Gasteiger partial charge in [0.25, 0.3) is 0 Å². The summed E-state index contributed by atoms with van der Waals surface area (Å²) >= 11 is 0. The molecule has 0 rings (SSSR count). The van der Waals surface area contributed by atoms with Gasteiger partial charge in [0, 0.05) is 5.73 Å². The van der Waals surface area contributed by atoms with E-state index in [-0.39, 0.29) is 5.73 Å². The highest BCUT2D eigenvalue weighted by Gasteiger charge is 2.21. The van der Waals surface area contributed by atoms with E-state index < -0.39 is 8.07 Å². The van der Waals surface area contributed by atoms with Crippen molar-refractivity contribution in [1.82, 2.24) is 0 Å². The van der Waals surface area contributed by atoms with Crippen LogP contribution in [0.3, 0.4) is 0 Å². The molecule has 0 amide bonds. The fourth-order valence-electron chi connectivity index (χ4n) is 0.177. The van der Waals surface area contributed by atoms with Crippen LogP contribution in [-0.2, 0) is 4.74 Å². The Bertz CT molecular complexity index is 65.4. The molecule has 1 nitrogen and oxygen atoms in total. The van der Waals surface area contributed by atoms with Gasteiger partial charge in [-0.05, 0) is 6.92 Å². The summed E-state index contributed by atoms with van der Waals surface area (Å²) in [4.78, 5) is 0. The first-order valence-corrected chi connectivity index (χ1v) is 6.38. The van der Waals surface area contributed by atoms with Gasteiger partial charge in [0.05, 0.1) is 8.07 Å². The Kier molecular flexibility index (Phi) is 2.70. The molecule has 0 bridgehead atoms. The topological polar surface area (TPSA) is 9.23 Å². The minimum absolute atomic E-state index is 0.155. The first-order chi connectivity index (χ1) is 3.48. The third-order valence-corrected chi connectivity index (χ3v) is 3.95. The quantitative estimate of drug-likeness (QED) is 0.517. The van der Waals surface area contributed by atoms with Crippen LogP contribution in [0, 0.1) is 7.11 Å². The zero-order valence-corrected chi connectivity index (χ0v) is 6.99.